The molecule has 2 aromatic carbocycles. The number of aryl methyl sites for hydroxylation is 2. The third-order valence-electron chi connectivity index (χ3n) is 4.16. The van der Waals surface area contributed by atoms with Crippen molar-refractivity contribution in [3.8, 4) is 10.6 Å². The van der Waals surface area contributed by atoms with Gasteiger partial charge in [0.1, 0.15) is 11.6 Å². The number of benzene rings is 2. The molecule has 0 saturated heterocycles. The quantitative estimate of drug-likeness (QED) is 0.666. The molecule has 0 bridgehead atoms. The molecule has 3 aromatic rings. The molecule has 0 fully saturated rings. The average molecular weight is 417 g/mol. The van der Waals surface area contributed by atoms with Crippen molar-refractivity contribution in [3.05, 3.63) is 59.7 Å². The van der Waals surface area contributed by atoms with Crippen LogP contribution in [0.25, 0.3) is 10.6 Å². The van der Waals surface area contributed by atoms with Crippen LogP contribution in [0.3, 0.4) is 0 Å². The van der Waals surface area contributed by atoms with E-state index in [9.17, 15) is 13.2 Å². The average Bonchev–Trinajstić information content (AvgIpc) is 3.10. The van der Waals surface area contributed by atoms with Gasteiger partial charge in [-0.1, -0.05) is 47.7 Å². The van der Waals surface area contributed by atoms with Crippen molar-refractivity contribution >= 4 is 38.1 Å². The van der Waals surface area contributed by atoms with Crippen LogP contribution in [0.4, 0.5) is 10.8 Å². The summed E-state index contributed by atoms with van der Waals surface area (Å²) in [6.45, 7) is 3.49. The molecule has 1 heterocycles. The summed E-state index contributed by atoms with van der Waals surface area (Å²) in [4.78, 5) is 12.5. The number of hydrogen-bond acceptors (Lipinski definition) is 6. The lowest BCUT2D eigenvalue weighted by Gasteiger charge is -2.22. The molecule has 3 rings (SSSR count). The van der Waals surface area contributed by atoms with Gasteiger partial charge in [0.2, 0.25) is 21.1 Å². The number of amides is 1. The molecule has 0 saturated carbocycles. The van der Waals surface area contributed by atoms with E-state index in [1.54, 1.807) is 12.1 Å². The molecule has 0 aliphatic heterocycles. The van der Waals surface area contributed by atoms with Gasteiger partial charge in [0.15, 0.2) is 0 Å². The fraction of sp³-hybridized carbons (Fsp3) is 0.211. The topological polar surface area (TPSA) is 92.3 Å². The summed E-state index contributed by atoms with van der Waals surface area (Å²) < 4.78 is 25.5. The fourth-order valence-corrected chi connectivity index (χ4v) is 4.15. The molecular formula is C19H20N4O3S2. The second-order valence-corrected chi connectivity index (χ2v) is 9.25. The maximum absolute atomic E-state index is 12.5. The molecule has 0 aliphatic rings. The van der Waals surface area contributed by atoms with Crippen LogP contribution < -0.4 is 9.62 Å². The predicted molar refractivity (Wildman–Crippen MR) is 112 cm³/mol. The van der Waals surface area contributed by atoms with Crippen molar-refractivity contribution < 1.29 is 13.2 Å². The lowest BCUT2D eigenvalue weighted by atomic mass is 10.1. The number of carbonyl (C=O) groups excluding carboxylic acids is 1. The van der Waals surface area contributed by atoms with E-state index in [4.69, 9.17) is 0 Å². The Balaban J connectivity index is 1.76. The molecule has 0 spiro atoms. The number of anilines is 2. The maximum Gasteiger partial charge on any atom is 0.246 e. The summed E-state index contributed by atoms with van der Waals surface area (Å²) in [6, 6.07) is 14.8. The van der Waals surface area contributed by atoms with Gasteiger partial charge in [0, 0.05) is 5.56 Å². The summed E-state index contributed by atoms with van der Waals surface area (Å²) in [7, 11) is -3.63. The first-order valence-electron chi connectivity index (χ1n) is 8.48. The zero-order valence-corrected chi connectivity index (χ0v) is 17.3. The molecule has 0 atom stereocenters. The van der Waals surface area contributed by atoms with Crippen molar-refractivity contribution in [2.24, 2.45) is 0 Å². The van der Waals surface area contributed by atoms with Crippen molar-refractivity contribution in [2.45, 2.75) is 13.8 Å². The molecule has 1 amide bonds. The van der Waals surface area contributed by atoms with Crippen LogP contribution in [0.1, 0.15) is 11.1 Å². The molecule has 0 aliphatic carbocycles. The van der Waals surface area contributed by atoms with Gasteiger partial charge in [-0.05, 0) is 37.1 Å². The molecule has 1 N–H and O–H groups in total. The van der Waals surface area contributed by atoms with Crippen LogP contribution in [-0.2, 0) is 14.8 Å². The van der Waals surface area contributed by atoms with Crippen LogP contribution >= 0.6 is 11.3 Å². The highest BCUT2D eigenvalue weighted by molar-refractivity contribution is 7.92. The summed E-state index contributed by atoms with van der Waals surface area (Å²) >= 11 is 1.23. The van der Waals surface area contributed by atoms with E-state index in [1.807, 2.05) is 50.2 Å². The summed E-state index contributed by atoms with van der Waals surface area (Å²) in [5.41, 5.74) is 3.34. The van der Waals surface area contributed by atoms with Crippen LogP contribution in [0.15, 0.2) is 48.5 Å². The van der Waals surface area contributed by atoms with Crippen molar-refractivity contribution in [1.82, 2.24) is 10.2 Å². The summed E-state index contributed by atoms with van der Waals surface area (Å²) in [6.07, 6.45) is 1.08. The van der Waals surface area contributed by atoms with Gasteiger partial charge in [-0.15, -0.1) is 10.2 Å². The Kier molecular flexibility index (Phi) is 5.76. The smallest absolute Gasteiger partial charge is 0.246 e. The first-order chi connectivity index (χ1) is 13.2. The van der Waals surface area contributed by atoms with Gasteiger partial charge >= 0.3 is 0 Å². The summed E-state index contributed by atoms with van der Waals surface area (Å²) in [5.74, 6) is -0.487. The SMILES string of the molecule is Cc1ccc(N(CC(=O)Nc2nnc(-c3ccccc3)s2)S(C)(=O)=O)cc1C. The fourth-order valence-electron chi connectivity index (χ4n) is 2.54. The Labute approximate surface area is 168 Å². The second kappa shape index (κ2) is 8.07. The number of nitrogens with zero attached hydrogens (tertiary/aromatic N) is 3. The molecule has 7 nitrogen and oxygen atoms in total. The van der Waals surface area contributed by atoms with E-state index >= 15 is 0 Å². The van der Waals surface area contributed by atoms with Crippen LogP contribution in [0.2, 0.25) is 0 Å². The minimum Gasteiger partial charge on any atom is -0.299 e. The lowest BCUT2D eigenvalue weighted by molar-refractivity contribution is -0.114. The highest BCUT2D eigenvalue weighted by Crippen LogP contribution is 2.26. The van der Waals surface area contributed by atoms with Gasteiger partial charge in [-0.2, -0.15) is 0 Å². The number of hydrogen-bond donors (Lipinski definition) is 1. The van der Waals surface area contributed by atoms with E-state index < -0.39 is 15.9 Å². The van der Waals surface area contributed by atoms with Crippen molar-refractivity contribution in [1.29, 1.82) is 0 Å². The molecule has 1 aromatic heterocycles. The minimum atomic E-state index is -3.63. The molecule has 0 radical (unpaired) electrons. The van der Waals surface area contributed by atoms with E-state index in [-0.39, 0.29) is 6.54 Å². The highest BCUT2D eigenvalue weighted by atomic mass is 32.2. The van der Waals surface area contributed by atoms with Gasteiger partial charge in [0.25, 0.3) is 0 Å². The molecule has 0 unspecified atom stereocenters. The number of aromatic nitrogens is 2. The van der Waals surface area contributed by atoms with Crippen molar-refractivity contribution in [3.63, 3.8) is 0 Å². The number of sulfonamides is 1. The van der Waals surface area contributed by atoms with E-state index in [2.05, 4.69) is 15.5 Å². The van der Waals surface area contributed by atoms with E-state index in [1.165, 1.54) is 11.3 Å². The Morgan fingerprint density at radius 1 is 1.07 bits per heavy atom. The maximum atomic E-state index is 12.5. The number of nitrogens with one attached hydrogen (secondary N) is 1. The van der Waals surface area contributed by atoms with Gasteiger partial charge in [-0.25, -0.2) is 8.42 Å². The first kappa shape index (κ1) is 20.0. The predicted octanol–water partition coefficient (Wildman–Crippen LogP) is 3.23. The van der Waals surface area contributed by atoms with Crippen molar-refractivity contribution in [2.75, 3.05) is 22.4 Å². The van der Waals surface area contributed by atoms with Gasteiger partial charge in [0.05, 0.1) is 11.9 Å². The number of carbonyl (C=O) groups is 1. The molecular weight excluding hydrogens is 396 g/mol. The highest BCUT2D eigenvalue weighted by Gasteiger charge is 2.22. The Hall–Kier alpha value is -2.78. The van der Waals surface area contributed by atoms with E-state index in [0.717, 1.165) is 27.3 Å². The monoisotopic (exact) mass is 416 g/mol. The minimum absolute atomic E-state index is 0.317. The third-order valence-corrected chi connectivity index (χ3v) is 6.19. The summed E-state index contributed by atoms with van der Waals surface area (Å²) in [5, 5.41) is 11.7. The van der Waals surface area contributed by atoms with Crippen LogP contribution in [0, 0.1) is 13.8 Å². The zero-order valence-electron chi connectivity index (χ0n) is 15.7. The largest absolute Gasteiger partial charge is 0.299 e. The number of rotatable bonds is 6. The molecule has 9 heteroatoms. The Bertz CT molecular complexity index is 1100. The normalized spacial score (nSPS) is 11.2. The van der Waals surface area contributed by atoms with Crippen LogP contribution in [-0.4, -0.2) is 37.3 Å². The van der Waals surface area contributed by atoms with Crippen LogP contribution in [0.5, 0.6) is 0 Å². The zero-order chi connectivity index (χ0) is 20.3. The molecule has 146 valence electrons. The van der Waals surface area contributed by atoms with Gasteiger partial charge in [-0.3, -0.25) is 14.4 Å². The standard InChI is InChI=1S/C19H20N4O3S2/c1-13-9-10-16(11-14(13)2)23(28(3,25)26)12-17(24)20-19-22-21-18(27-19)15-7-5-4-6-8-15/h4-11H,12H2,1-3H3,(H,20,22,24). The molecule has 28 heavy (non-hydrogen) atoms. The lowest BCUT2D eigenvalue weighted by Crippen LogP contribution is -2.37. The van der Waals surface area contributed by atoms with Gasteiger partial charge < -0.3 is 0 Å². The van der Waals surface area contributed by atoms with E-state index in [0.29, 0.717) is 15.8 Å². The second-order valence-electron chi connectivity index (χ2n) is 6.36. The third kappa shape index (κ3) is 4.73. The first-order valence-corrected chi connectivity index (χ1v) is 11.1. The Morgan fingerprint density at radius 2 is 1.79 bits per heavy atom. The Morgan fingerprint density at radius 3 is 2.43 bits per heavy atom.